The molecule has 4 nitrogen and oxygen atoms in total. The van der Waals surface area contributed by atoms with E-state index in [0.717, 1.165) is 36.8 Å². The van der Waals surface area contributed by atoms with E-state index in [4.69, 9.17) is 22.7 Å². The number of nitrogens with two attached hydrogens (primary N) is 1. The molecule has 1 fully saturated rings. The summed E-state index contributed by atoms with van der Waals surface area (Å²) in [6.07, 6.45) is 2.12. The second kappa shape index (κ2) is 7.84. The normalized spacial score (nSPS) is 16.1. The molecule has 5 heteroatoms. The number of hydrogen-bond acceptors (Lipinski definition) is 4. The van der Waals surface area contributed by atoms with Crippen molar-refractivity contribution in [3.63, 3.8) is 0 Å². The van der Waals surface area contributed by atoms with Crippen molar-refractivity contribution in [2.24, 2.45) is 11.7 Å². The molecule has 2 rings (SSSR count). The van der Waals surface area contributed by atoms with E-state index in [9.17, 15) is 5.11 Å². The van der Waals surface area contributed by atoms with E-state index in [-0.39, 0.29) is 0 Å². The van der Waals surface area contributed by atoms with Crippen molar-refractivity contribution in [2.75, 3.05) is 33.4 Å². The Bertz CT molecular complexity index is 460. The number of nitrogens with zero attached hydrogens (tertiary/aromatic N) is 1. The van der Waals surface area contributed by atoms with E-state index in [1.807, 2.05) is 31.3 Å². The fourth-order valence-electron chi connectivity index (χ4n) is 2.12. The van der Waals surface area contributed by atoms with Crippen LogP contribution < -0.4 is 5.73 Å². The Labute approximate surface area is 131 Å². The minimum Gasteiger partial charge on any atom is -0.389 e. The van der Waals surface area contributed by atoms with Crippen molar-refractivity contribution in [1.82, 2.24) is 4.90 Å². The SMILES string of the molecule is CN(CCOCC1CC1)CC(O)c1ccc(C(N)=S)cc1. The van der Waals surface area contributed by atoms with Gasteiger partial charge in [-0.25, -0.2) is 0 Å². The Morgan fingerprint density at radius 2 is 2.10 bits per heavy atom. The van der Waals surface area contributed by atoms with E-state index >= 15 is 0 Å². The lowest BCUT2D eigenvalue weighted by Gasteiger charge is -2.21. The monoisotopic (exact) mass is 308 g/mol. The molecule has 0 heterocycles. The summed E-state index contributed by atoms with van der Waals surface area (Å²) in [7, 11) is 1.99. The highest BCUT2D eigenvalue weighted by Crippen LogP contribution is 2.28. The first-order valence-electron chi connectivity index (χ1n) is 7.40. The minimum absolute atomic E-state index is 0.376. The molecule has 0 radical (unpaired) electrons. The fraction of sp³-hybridized carbons (Fsp3) is 0.562. The molecule has 0 amide bonds. The summed E-state index contributed by atoms with van der Waals surface area (Å²) in [6.45, 7) is 3.02. The topological polar surface area (TPSA) is 58.7 Å². The maximum Gasteiger partial charge on any atom is 0.103 e. The van der Waals surface area contributed by atoms with E-state index in [0.29, 0.717) is 11.5 Å². The van der Waals surface area contributed by atoms with Crippen LogP contribution in [0.25, 0.3) is 0 Å². The zero-order valence-electron chi connectivity index (χ0n) is 12.5. The van der Waals surface area contributed by atoms with Crippen LogP contribution in [-0.2, 0) is 4.74 Å². The van der Waals surface area contributed by atoms with Crippen LogP contribution in [0, 0.1) is 5.92 Å². The Kier molecular flexibility index (Phi) is 6.11. The first-order valence-corrected chi connectivity index (χ1v) is 7.81. The lowest BCUT2D eigenvalue weighted by Crippen LogP contribution is -2.28. The molecule has 0 aliphatic heterocycles. The Morgan fingerprint density at radius 3 is 2.67 bits per heavy atom. The third-order valence-corrected chi connectivity index (χ3v) is 3.97. The minimum atomic E-state index is -0.515. The van der Waals surface area contributed by atoms with E-state index in [2.05, 4.69) is 4.90 Å². The summed E-state index contributed by atoms with van der Waals surface area (Å²) in [4.78, 5) is 2.46. The van der Waals surface area contributed by atoms with Gasteiger partial charge in [0.15, 0.2) is 0 Å². The lowest BCUT2D eigenvalue weighted by atomic mass is 10.1. The highest BCUT2D eigenvalue weighted by atomic mass is 32.1. The number of benzene rings is 1. The molecule has 1 atom stereocenters. The van der Waals surface area contributed by atoms with Gasteiger partial charge in [0.25, 0.3) is 0 Å². The van der Waals surface area contributed by atoms with Gasteiger partial charge in [-0.2, -0.15) is 0 Å². The second-order valence-electron chi connectivity index (χ2n) is 5.78. The number of rotatable bonds is 9. The van der Waals surface area contributed by atoms with Gasteiger partial charge in [0, 0.05) is 25.3 Å². The van der Waals surface area contributed by atoms with Crippen LogP contribution in [0.4, 0.5) is 0 Å². The van der Waals surface area contributed by atoms with Crippen LogP contribution in [0.5, 0.6) is 0 Å². The van der Waals surface area contributed by atoms with Gasteiger partial charge in [-0.05, 0) is 31.4 Å². The fourth-order valence-corrected chi connectivity index (χ4v) is 2.25. The second-order valence-corrected chi connectivity index (χ2v) is 6.22. The number of aliphatic hydroxyl groups excluding tert-OH is 1. The maximum absolute atomic E-state index is 10.2. The number of likely N-dealkylation sites (N-methyl/N-ethyl adjacent to an activating group) is 1. The predicted molar refractivity (Wildman–Crippen MR) is 88.3 cm³/mol. The molecule has 1 saturated carbocycles. The Hall–Kier alpha value is -1.01. The van der Waals surface area contributed by atoms with Crippen molar-refractivity contribution in [2.45, 2.75) is 18.9 Å². The summed E-state index contributed by atoms with van der Waals surface area (Å²) in [5, 5.41) is 10.2. The summed E-state index contributed by atoms with van der Waals surface area (Å²) in [5.74, 6) is 0.799. The van der Waals surface area contributed by atoms with Gasteiger partial charge in [0.05, 0.1) is 12.7 Å². The van der Waals surface area contributed by atoms with Gasteiger partial charge in [-0.1, -0.05) is 36.5 Å². The first-order chi connectivity index (χ1) is 10.1. The van der Waals surface area contributed by atoms with Crippen LogP contribution >= 0.6 is 12.2 Å². The molecule has 1 aromatic carbocycles. The van der Waals surface area contributed by atoms with E-state index < -0.39 is 6.10 Å². The lowest BCUT2D eigenvalue weighted by molar-refractivity contribution is 0.0794. The highest BCUT2D eigenvalue weighted by Gasteiger charge is 2.21. The summed E-state index contributed by atoms with van der Waals surface area (Å²) in [6, 6.07) is 7.44. The predicted octanol–water partition coefficient (Wildman–Crippen LogP) is 1.71. The van der Waals surface area contributed by atoms with Crippen LogP contribution in [0.3, 0.4) is 0 Å². The third kappa shape index (κ3) is 5.71. The molecular formula is C16H24N2O2S. The number of aliphatic hydroxyl groups is 1. The van der Waals surface area contributed by atoms with Crippen LogP contribution in [-0.4, -0.2) is 48.3 Å². The molecule has 1 unspecified atom stereocenters. The van der Waals surface area contributed by atoms with Crippen molar-refractivity contribution in [1.29, 1.82) is 0 Å². The maximum atomic E-state index is 10.2. The zero-order chi connectivity index (χ0) is 15.2. The average molecular weight is 308 g/mol. The molecule has 1 aliphatic rings. The largest absolute Gasteiger partial charge is 0.389 e. The van der Waals surface area contributed by atoms with Gasteiger partial charge in [0.2, 0.25) is 0 Å². The van der Waals surface area contributed by atoms with Crippen molar-refractivity contribution in [3.8, 4) is 0 Å². The number of thiocarbonyl (C=S) groups is 1. The highest BCUT2D eigenvalue weighted by molar-refractivity contribution is 7.80. The van der Waals surface area contributed by atoms with Crippen LogP contribution in [0.15, 0.2) is 24.3 Å². The van der Waals surface area contributed by atoms with E-state index in [1.54, 1.807) is 0 Å². The Morgan fingerprint density at radius 1 is 1.43 bits per heavy atom. The van der Waals surface area contributed by atoms with Crippen LogP contribution in [0.1, 0.15) is 30.1 Å². The Balaban J connectivity index is 1.71. The molecule has 21 heavy (non-hydrogen) atoms. The average Bonchev–Trinajstić information content (AvgIpc) is 3.28. The van der Waals surface area contributed by atoms with Gasteiger partial charge >= 0.3 is 0 Å². The first kappa shape index (κ1) is 16.4. The number of hydrogen-bond donors (Lipinski definition) is 2. The molecule has 1 aliphatic carbocycles. The summed E-state index contributed by atoms with van der Waals surface area (Å²) >= 11 is 4.92. The van der Waals surface area contributed by atoms with Crippen molar-refractivity contribution in [3.05, 3.63) is 35.4 Å². The standard InChI is InChI=1S/C16H24N2O2S/c1-18(8-9-20-11-12-2-3-12)10-15(19)13-4-6-14(7-5-13)16(17)21/h4-7,12,15,19H,2-3,8-11H2,1H3,(H2,17,21). The summed E-state index contributed by atoms with van der Waals surface area (Å²) in [5.41, 5.74) is 7.26. The molecule has 0 bridgehead atoms. The molecule has 3 N–H and O–H groups in total. The molecule has 0 aromatic heterocycles. The quantitative estimate of drug-likeness (QED) is 0.537. The van der Waals surface area contributed by atoms with Gasteiger partial charge < -0.3 is 20.5 Å². The molecule has 1 aromatic rings. The zero-order valence-corrected chi connectivity index (χ0v) is 13.3. The van der Waals surface area contributed by atoms with Crippen molar-refractivity contribution < 1.29 is 9.84 Å². The third-order valence-electron chi connectivity index (χ3n) is 3.73. The number of ether oxygens (including phenoxy) is 1. The molecular weight excluding hydrogens is 284 g/mol. The smallest absolute Gasteiger partial charge is 0.103 e. The van der Waals surface area contributed by atoms with E-state index in [1.165, 1.54) is 12.8 Å². The molecule has 116 valence electrons. The van der Waals surface area contributed by atoms with Crippen LogP contribution in [0.2, 0.25) is 0 Å². The molecule has 0 spiro atoms. The van der Waals surface area contributed by atoms with Gasteiger partial charge in [0.1, 0.15) is 4.99 Å². The van der Waals surface area contributed by atoms with Crippen molar-refractivity contribution >= 4 is 17.2 Å². The summed E-state index contributed by atoms with van der Waals surface area (Å²) < 4.78 is 5.61. The van der Waals surface area contributed by atoms with Gasteiger partial charge in [-0.15, -0.1) is 0 Å². The van der Waals surface area contributed by atoms with Gasteiger partial charge in [-0.3, -0.25) is 0 Å². The molecule has 0 saturated heterocycles.